The third kappa shape index (κ3) is 2.05. The minimum absolute atomic E-state index is 0.226. The Bertz CT molecular complexity index is 952. The first-order valence-corrected chi connectivity index (χ1v) is 9.07. The number of benzene rings is 1. The Morgan fingerprint density at radius 3 is 2.76 bits per heavy atom. The molecule has 2 aromatic heterocycles. The minimum atomic E-state index is 0.226. The number of hydrogen-bond donors (Lipinski definition) is 2. The van der Waals surface area contributed by atoms with Crippen molar-refractivity contribution in [3.05, 3.63) is 47.4 Å². The van der Waals surface area contributed by atoms with Crippen LogP contribution in [0.4, 0.5) is 11.5 Å². The maximum absolute atomic E-state index is 4.67. The van der Waals surface area contributed by atoms with Gasteiger partial charge in [0, 0.05) is 23.8 Å². The van der Waals surface area contributed by atoms with Crippen LogP contribution in [0.2, 0.25) is 0 Å². The number of nitrogens with one attached hydrogen (secondary N) is 2. The second-order valence-corrected chi connectivity index (χ2v) is 7.46. The van der Waals surface area contributed by atoms with Crippen molar-refractivity contribution in [2.45, 2.75) is 32.1 Å². The first-order chi connectivity index (χ1) is 12.2. The highest BCUT2D eigenvalue weighted by atomic mass is 15.2. The highest BCUT2D eigenvalue weighted by Crippen LogP contribution is 2.51. The van der Waals surface area contributed by atoms with Gasteiger partial charge in [-0.1, -0.05) is 6.07 Å². The van der Waals surface area contributed by atoms with Crippen LogP contribution in [0, 0.1) is 13.8 Å². The molecule has 5 rings (SSSR count). The lowest BCUT2D eigenvalue weighted by Crippen LogP contribution is -2.42. The number of rotatable bonds is 1. The molecule has 0 radical (unpaired) electrons. The van der Waals surface area contributed by atoms with E-state index in [-0.39, 0.29) is 5.41 Å². The van der Waals surface area contributed by atoms with Gasteiger partial charge in [0.15, 0.2) is 0 Å². The van der Waals surface area contributed by atoms with Gasteiger partial charge < -0.3 is 15.2 Å². The molecule has 128 valence electrons. The lowest BCUT2D eigenvalue weighted by atomic mass is 9.72. The van der Waals surface area contributed by atoms with Gasteiger partial charge in [-0.25, -0.2) is 9.97 Å². The van der Waals surface area contributed by atoms with E-state index in [4.69, 9.17) is 0 Å². The SMILES string of the molecule is Cc1ccc2c(c1C)C1(CCNCC1)CN2c1ncnc2[nH]ccc12. The third-order valence-electron chi connectivity index (χ3n) is 6.15. The van der Waals surface area contributed by atoms with Crippen molar-refractivity contribution in [1.29, 1.82) is 0 Å². The molecular weight excluding hydrogens is 310 g/mol. The predicted octanol–water partition coefficient (Wildman–Crippen LogP) is 3.35. The molecule has 0 aliphatic carbocycles. The van der Waals surface area contributed by atoms with E-state index in [2.05, 4.69) is 57.2 Å². The molecule has 5 nitrogen and oxygen atoms in total. The molecule has 5 heteroatoms. The van der Waals surface area contributed by atoms with E-state index in [1.165, 1.54) is 35.2 Å². The highest BCUT2D eigenvalue weighted by Gasteiger charge is 2.45. The molecule has 0 bridgehead atoms. The van der Waals surface area contributed by atoms with Gasteiger partial charge in [-0.05, 0) is 68.6 Å². The second-order valence-electron chi connectivity index (χ2n) is 7.46. The lowest BCUT2D eigenvalue weighted by Gasteiger charge is -2.35. The number of H-pyrrole nitrogens is 1. The Morgan fingerprint density at radius 2 is 1.92 bits per heavy atom. The molecule has 2 N–H and O–H groups in total. The van der Waals surface area contributed by atoms with E-state index < -0.39 is 0 Å². The Kier molecular flexibility index (Phi) is 3.16. The Hall–Kier alpha value is -2.40. The number of aromatic amines is 1. The van der Waals surface area contributed by atoms with E-state index in [0.717, 1.165) is 36.5 Å². The van der Waals surface area contributed by atoms with Crippen molar-refractivity contribution in [1.82, 2.24) is 20.3 Å². The van der Waals surface area contributed by atoms with Crippen LogP contribution in [0.15, 0.2) is 30.7 Å². The van der Waals surface area contributed by atoms with Crippen LogP contribution in [0.1, 0.15) is 29.5 Å². The van der Waals surface area contributed by atoms with Crippen molar-refractivity contribution in [3.8, 4) is 0 Å². The molecule has 1 fully saturated rings. The van der Waals surface area contributed by atoms with Gasteiger partial charge in [-0.3, -0.25) is 0 Å². The van der Waals surface area contributed by atoms with Gasteiger partial charge in [0.25, 0.3) is 0 Å². The summed E-state index contributed by atoms with van der Waals surface area (Å²) in [6.07, 6.45) is 5.98. The van der Waals surface area contributed by atoms with Crippen molar-refractivity contribution < 1.29 is 0 Å². The molecule has 0 unspecified atom stereocenters. The van der Waals surface area contributed by atoms with E-state index >= 15 is 0 Å². The molecule has 1 saturated heterocycles. The number of aryl methyl sites for hydroxylation is 1. The number of nitrogens with zero attached hydrogens (tertiary/aromatic N) is 3. The Balaban J connectivity index is 1.74. The van der Waals surface area contributed by atoms with Crippen molar-refractivity contribution >= 4 is 22.5 Å². The average Bonchev–Trinajstić information content (AvgIpc) is 3.22. The van der Waals surface area contributed by atoms with Crippen molar-refractivity contribution in [2.24, 2.45) is 0 Å². The summed E-state index contributed by atoms with van der Waals surface area (Å²) in [5.74, 6) is 1.02. The molecule has 2 aliphatic heterocycles. The third-order valence-corrected chi connectivity index (χ3v) is 6.15. The summed E-state index contributed by atoms with van der Waals surface area (Å²) in [4.78, 5) is 14.7. The fraction of sp³-hybridized carbons (Fsp3) is 0.400. The average molecular weight is 333 g/mol. The normalized spacial score (nSPS) is 18.9. The molecule has 4 heterocycles. The van der Waals surface area contributed by atoms with Gasteiger partial charge in [0.1, 0.15) is 17.8 Å². The summed E-state index contributed by atoms with van der Waals surface area (Å²) in [7, 11) is 0. The topological polar surface area (TPSA) is 56.8 Å². The summed E-state index contributed by atoms with van der Waals surface area (Å²) in [5, 5.41) is 4.63. The number of hydrogen-bond acceptors (Lipinski definition) is 4. The zero-order valence-electron chi connectivity index (χ0n) is 14.8. The summed E-state index contributed by atoms with van der Waals surface area (Å²) in [6.45, 7) is 7.69. The summed E-state index contributed by atoms with van der Waals surface area (Å²) < 4.78 is 0. The number of anilines is 2. The summed E-state index contributed by atoms with van der Waals surface area (Å²) in [5.41, 5.74) is 6.82. The van der Waals surface area contributed by atoms with Crippen LogP contribution in [0.3, 0.4) is 0 Å². The molecule has 0 amide bonds. The first-order valence-electron chi connectivity index (χ1n) is 9.07. The van der Waals surface area contributed by atoms with Crippen LogP contribution in [-0.2, 0) is 5.41 Å². The van der Waals surface area contributed by atoms with Gasteiger partial charge in [0.2, 0.25) is 0 Å². The summed E-state index contributed by atoms with van der Waals surface area (Å²) >= 11 is 0. The largest absolute Gasteiger partial charge is 0.346 e. The molecule has 3 aromatic rings. The van der Waals surface area contributed by atoms with Crippen LogP contribution in [-0.4, -0.2) is 34.6 Å². The molecule has 0 saturated carbocycles. The zero-order valence-corrected chi connectivity index (χ0v) is 14.8. The van der Waals surface area contributed by atoms with Crippen molar-refractivity contribution in [2.75, 3.05) is 24.5 Å². The number of fused-ring (bicyclic) bond motifs is 3. The molecule has 1 spiro atoms. The lowest BCUT2D eigenvalue weighted by molar-refractivity contribution is 0.328. The van der Waals surface area contributed by atoms with Gasteiger partial charge >= 0.3 is 0 Å². The van der Waals surface area contributed by atoms with Crippen molar-refractivity contribution in [3.63, 3.8) is 0 Å². The van der Waals surface area contributed by atoms with E-state index in [1.807, 2.05) is 6.20 Å². The minimum Gasteiger partial charge on any atom is -0.346 e. The van der Waals surface area contributed by atoms with Gasteiger partial charge in [0.05, 0.1) is 5.39 Å². The molecular formula is C20H23N5. The van der Waals surface area contributed by atoms with Gasteiger partial charge in [-0.2, -0.15) is 0 Å². The van der Waals surface area contributed by atoms with Crippen LogP contribution >= 0.6 is 0 Å². The standard InChI is InChI=1S/C20H23N5/c1-13-3-4-16-17(14(13)2)20(6-9-21-10-7-20)11-25(16)19-15-5-8-22-18(15)23-12-24-19/h3-5,8,12,21H,6-7,9-11H2,1-2H3,(H,22,23,24). The second kappa shape index (κ2) is 5.30. The number of aromatic nitrogens is 3. The van der Waals surface area contributed by atoms with Crippen LogP contribution in [0.25, 0.3) is 11.0 Å². The van der Waals surface area contributed by atoms with Crippen LogP contribution in [0.5, 0.6) is 0 Å². The number of piperidine rings is 1. The molecule has 2 aliphatic rings. The smallest absolute Gasteiger partial charge is 0.145 e. The van der Waals surface area contributed by atoms with E-state index in [0.29, 0.717) is 0 Å². The Morgan fingerprint density at radius 1 is 1.08 bits per heavy atom. The summed E-state index contributed by atoms with van der Waals surface area (Å²) in [6, 6.07) is 6.62. The zero-order chi connectivity index (χ0) is 17.0. The van der Waals surface area contributed by atoms with E-state index in [1.54, 1.807) is 6.33 Å². The fourth-order valence-corrected chi connectivity index (χ4v) is 4.74. The molecule has 0 atom stereocenters. The first kappa shape index (κ1) is 14.9. The quantitative estimate of drug-likeness (QED) is 0.717. The fourth-order valence-electron chi connectivity index (χ4n) is 4.74. The van der Waals surface area contributed by atoms with Gasteiger partial charge in [-0.15, -0.1) is 0 Å². The monoisotopic (exact) mass is 333 g/mol. The maximum atomic E-state index is 4.67. The highest BCUT2D eigenvalue weighted by molar-refractivity contribution is 5.91. The predicted molar refractivity (Wildman–Crippen MR) is 101 cm³/mol. The molecule has 25 heavy (non-hydrogen) atoms. The molecule has 1 aromatic carbocycles. The Labute approximate surface area is 147 Å². The van der Waals surface area contributed by atoms with Crippen LogP contribution < -0.4 is 10.2 Å². The maximum Gasteiger partial charge on any atom is 0.145 e. The van der Waals surface area contributed by atoms with E-state index in [9.17, 15) is 0 Å².